The van der Waals surface area contributed by atoms with Gasteiger partial charge in [-0.25, -0.2) is 0 Å². The first-order chi connectivity index (χ1) is 14.2. The van der Waals surface area contributed by atoms with Crippen LogP contribution in [0.4, 0.5) is 0 Å². The fraction of sp³-hybridized carbons (Fsp3) is 0.565. The molecular formula is C23H33ClN4O2. The zero-order chi connectivity index (χ0) is 20.1. The van der Waals surface area contributed by atoms with Gasteiger partial charge in [0.1, 0.15) is 5.54 Å². The van der Waals surface area contributed by atoms with Gasteiger partial charge in [0.2, 0.25) is 0 Å². The number of carbonyl (C=O) groups is 1. The molecule has 164 valence electrons. The van der Waals surface area contributed by atoms with Crippen molar-refractivity contribution in [1.29, 1.82) is 0 Å². The second kappa shape index (κ2) is 10.4. The smallest absolute Gasteiger partial charge is 0.250 e. The summed E-state index contributed by atoms with van der Waals surface area (Å²) < 4.78 is 7.78. The van der Waals surface area contributed by atoms with Crippen LogP contribution in [0.3, 0.4) is 0 Å². The standard InChI is InChI=1S/C23H32N4O2.ClH/c1-19-5-7-20(8-6-19)9-16-26(18-21-4-2-17-29-21)22(28)23(10-13-24-14-11-23)27-15-3-12-25-27;/h3,5-8,12,15,21,24H,2,4,9-11,13-14,16-18H2,1H3;1H. The molecule has 2 aromatic rings. The first kappa shape index (κ1) is 22.8. The lowest BCUT2D eigenvalue weighted by Crippen LogP contribution is -2.57. The van der Waals surface area contributed by atoms with Crippen LogP contribution in [0.15, 0.2) is 42.7 Å². The van der Waals surface area contributed by atoms with Crippen LogP contribution in [0.25, 0.3) is 0 Å². The van der Waals surface area contributed by atoms with E-state index in [2.05, 4.69) is 41.6 Å². The molecule has 1 atom stereocenters. The third-order valence-electron chi connectivity index (χ3n) is 6.30. The highest BCUT2D eigenvalue weighted by Crippen LogP contribution is 2.30. The highest BCUT2D eigenvalue weighted by molar-refractivity contribution is 5.85. The third-order valence-corrected chi connectivity index (χ3v) is 6.30. The summed E-state index contributed by atoms with van der Waals surface area (Å²) in [7, 11) is 0. The number of nitrogens with zero attached hydrogens (tertiary/aromatic N) is 3. The summed E-state index contributed by atoms with van der Waals surface area (Å²) in [6.07, 6.45) is 8.35. The molecule has 1 amide bonds. The molecule has 3 heterocycles. The highest BCUT2D eigenvalue weighted by atomic mass is 35.5. The van der Waals surface area contributed by atoms with Crippen molar-refractivity contribution in [3.05, 3.63) is 53.9 Å². The number of piperidine rings is 1. The number of aryl methyl sites for hydroxylation is 1. The van der Waals surface area contributed by atoms with Gasteiger partial charge in [-0.2, -0.15) is 5.10 Å². The Balaban J connectivity index is 0.00000256. The molecule has 1 aromatic heterocycles. The second-order valence-corrected chi connectivity index (χ2v) is 8.35. The molecule has 2 aliphatic rings. The quantitative estimate of drug-likeness (QED) is 0.730. The number of ether oxygens (including phenoxy) is 1. The van der Waals surface area contributed by atoms with Crippen LogP contribution >= 0.6 is 12.4 Å². The van der Waals surface area contributed by atoms with Crippen LogP contribution in [0.2, 0.25) is 0 Å². The van der Waals surface area contributed by atoms with Crippen LogP contribution in [0, 0.1) is 6.92 Å². The molecule has 4 rings (SSSR count). The Bertz CT molecular complexity index is 782. The van der Waals surface area contributed by atoms with Gasteiger partial charge in [0.15, 0.2) is 0 Å². The number of benzene rings is 1. The molecule has 0 bridgehead atoms. The summed E-state index contributed by atoms with van der Waals surface area (Å²) in [6, 6.07) is 10.5. The van der Waals surface area contributed by atoms with Gasteiger partial charge in [0.25, 0.3) is 5.91 Å². The largest absolute Gasteiger partial charge is 0.376 e. The van der Waals surface area contributed by atoms with Crippen molar-refractivity contribution in [2.45, 2.75) is 50.7 Å². The van der Waals surface area contributed by atoms with Crippen molar-refractivity contribution in [2.24, 2.45) is 0 Å². The average Bonchev–Trinajstić information content (AvgIpc) is 3.47. The van der Waals surface area contributed by atoms with Gasteiger partial charge >= 0.3 is 0 Å². The predicted octanol–water partition coefficient (Wildman–Crippen LogP) is 2.94. The van der Waals surface area contributed by atoms with Crippen molar-refractivity contribution in [3.8, 4) is 0 Å². The fourth-order valence-corrected chi connectivity index (χ4v) is 4.53. The van der Waals surface area contributed by atoms with E-state index >= 15 is 0 Å². The number of hydrogen-bond donors (Lipinski definition) is 1. The molecule has 0 radical (unpaired) electrons. The van der Waals surface area contributed by atoms with Crippen LogP contribution in [0.5, 0.6) is 0 Å². The van der Waals surface area contributed by atoms with Gasteiger partial charge in [-0.05, 0) is 63.7 Å². The molecule has 7 heteroatoms. The number of amides is 1. The molecule has 0 saturated carbocycles. The predicted molar refractivity (Wildman–Crippen MR) is 120 cm³/mol. The van der Waals surface area contributed by atoms with Crippen LogP contribution < -0.4 is 5.32 Å². The number of carbonyl (C=O) groups excluding carboxylic acids is 1. The van der Waals surface area contributed by atoms with E-state index in [-0.39, 0.29) is 24.4 Å². The average molecular weight is 433 g/mol. The van der Waals surface area contributed by atoms with E-state index in [1.807, 2.05) is 21.8 Å². The van der Waals surface area contributed by atoms with Gasteiger partial charge < -0.3 is 15.0 Å². The Morgan fingerprint density at radius 1 is 1.30 bits per heavy atom. The number of rotatable bonds is 7. The third kappa shape index (κ3) is 5.05. The number of aromatic nitrogens is 2. The minimum Gasteiger partial charge on any atom is -0.376 e. The zero-order valence-corrected chi connectivity index (χ0v) is 18.6. The fourth-order valence-electron chi connectivity index (χ4n) is 4.53. The second-order valence-electron chi connectivity index (χ2n) is 8.35. The summed E-state index contributed by atoms with van der Waals surface area (Å²) in [5.41, 5.74) is 1.92. The molecule has 6 nitrogen and oxygen atoms in total. The number of hydrogen-bond acceptors (Lipinski definition) is 4. The SMILES string of the molecule is Cc1ccc(CCN(CC2CCCO2)C(=O)C2(n3cccn3)CCNCC2)cc1.Cl. The minimum absolute atomic E-state index is 0. The van der Waals surface area contributed by atoms with E-state index in [4.69, 9.17) is 4.74 Å². The zero-order valence-electron chi connectivity index (χ0n) is 17.8. The highest BCUT2D eigenvalue weighted by Gasteiger charge is 2.44. The lowest BCUT2D eigenvalue weighted by atomic mass is 9.86. The molecule has 0 spiro atoms. The maximum absolute atomic E-state index is 14.0. The maximum atomic E-state index is 14.0. The van der Waals surface area contributed by atoms with Crippen molar-refractivity contribution in [2.75, 3.05) is 32.8 Å². The van der Waals surface area contributed by atoms with E-state index in [1.165, 1.54) is 11.1 Å². The minimum atomic E-state index is -0.597. The summed E-state index contributed by atoms with van der Waals surface area (Å²) >= 11 is 0. The van der Waals surface area contributed by atoms with Gasteiger partial charge in [-0.3, -0.25) is 9.48 Å². The Kier molecular flexibility index (Phi) is 7.92. The Hall–Kier alpha value is -1.89. The van der Waals surface area contributed by atoms with Crippen LogP contribution in [-0.2, 0) is 21.5 Å². The topological polar surface area (TPSA) is 59.4 Å². The number of halogens is 1. The van der Waals surface area contributed by atoms with Crippen molar-refractivity contribution in [3.63, 3.8) is 0 Å². The van der Waals surface area contributed by atoms with Crippen molar-refractivity contribution in [1.82, 2.24) is 20.0 Å². The monoisotopic (exact) mass is 432 g/mol. The van der Waals surface area contributed by atoms with Gasteiger partial charge in [0.05, 0.1) is 6.10 Å². The molecule has 1 aromatic carbocycles. The van der Waals surface area contributed by atoms with Gasteiger partial charge in [-0.15, -0.1) is 12.4 Å². The molecule has 2 aliphatic heterocycles. The Morgan fingerprint density at radius 3 is 2.70 bits per heavy atom. The van der Waals surface area contributed by atoms with E-state index in [9.17, 15) is 4.79 Å². The Labute approximate surface area is 185 Å². The van der Waals surface area contributed by atoms with Crippen LogP contribution in [0.1, 0.15) is 36.8 Å². The van der Waals surface area contributed by atoms with Crippen LogP contribution in [-0.4, -0.2) is 59.5 Å². The molecule has 2 fully saturated rings. The van der Waals surface area contributed by atoms with E-state index in [0.717, 1.165) is 51.8 Å². The lowest BCUT2D eigenvalue weighted by Gasteiger charge is -2.40. The van der Waals surface area contributed by atoms with Gasteiger partial charge in [0, 0.05) is 32.1 Å². The maximum Gasteiger partial charge on any atom is 0.250 e. The first-order valence-corrected chi connectivity index (χ1v) is 10.8. The molecule has 2 saturated heterocycles. The van der Waals surface area contributed by atoms with Gasteiger partial charge in [-0.1, -0.05) is 29.8 Å². The number of nitrogens with one attached hydrogen (secondary N) is 1. The molecule has 30 heavy (non-hydrogen) atoms. The summed E-state index contributed by atoms with van der Waals surface area (Å²) in [5, 5.41) is 7.88. The van der Waals surface area contributed by atoms with Crippen molar-refractivity contribution >= 4 is 18.3 Å². The first-order valence-electron chi connectivity index (χ1n) is 10.8. The Morgan fingerprint density at radius 2 is 2.07 bits per heavy atom. The van der Waals surface area contributed by atoms with Crippen molar-refractivity contribution < 1.29 is 9.53 Å². The molecule has 1 N–H and O–H groups in total. The molecule has 1 unspecified atom stereocenters. The summed E-state index contributed by atoms with van der Waals surface area (Å²) in [4.78, 5) is 16.0. The lowest BCUT2D eigenvalue weighted by molar-refractivity contribution is -0.144. The summed E-state index contributed by atoms with van der Waals surface area (Å²) in [6.45, 7) is 5.94. The van der Waals surface area contributed by atoms with E-state index in [1.54, 1.807) is 6.20 Å². The van der Waals surface area contributed by atoms with E-state index in [0.29, 0.717) is 13.1 Å². The molecular weight excluding hydrogens is 400 g/mol. The summed E-state index contributed by atoms with van der Waals surface area (Å²) in [5.74, 6) is 0.185. The molecule has 0 aliphatic carbocycles. The normalized spacial score (nSPS) is 20.5. The van der Waals surface area contributed by atoms with E-state index < -0.39 is 5.54 Å².